The maximum absolute atomic E-state index is 11.6. The average molecular weight is 500 g/mol. The summed E-state index contributed by atoms with van der Waals surface area (Å²) in [5.74, 6) is 0.245. The molecule has 194 valence electrons. The van der Waals surface area contributed by atoms with Crippen LogP contribution in [0.5, 0.6) is 11.5 Å². The fourth-order valence-corrected chi connectivity index (χ4v) is 3.94. The Hall–Kier alpha value is -2.33. The van der Waals surface area contributed by atoms with Crippen LogP contribution in [0.3, 0.4) is 0 Å². The van der Waals surface area contributed by atoms with E-state index in [0.717, 1.165) is 0 Å². The van der Waals surface area contributed by atoms with Gasteiger partial charge in [-0.25, -0.2) is 4.79 Å². The van der Waals surface area contributed by atoms with E-state index in [0.29, 0.717) is 5.39 Å². The molecule has 2 aromatic rings. The summed E-state index contributed by atoms with van der Waals surface area (Å²) >= 11 is 0. The number of methoxy groups -OCH3 is 1. The Kier molecular flexibility index (Phi) is 7.61. The summed E-state index contributed by atoms with van der Waals surface area (Å²) in [6.07, 6.45) is -14.4. The van der Waals surface area contributed by atoms with Crippen molar-refractivity contribution in [3.63, 3.8) is 0 Å². The van der Waals surface area contributed by atoms with Gasteiger partial charge in [-0.15, -0.1) is 0 Å². The van der Waals surface area contributed by atoms with Crippen molar-refractivity contribution in [1.82, 2.24) is 0 Å². The third-order valence-corrected chi connectivity index (χ3v) is 6.05. The molecule has 0 aliphatic carbocycles. The highest BCUT2D eigenvalue weighted by atomic mass is 16.7. The molecule has 0 amide bonds. The maximum Gasteiger partial charge on any atom is 0.336 e. The number of fused-ring (bicyclic) bond motifs is 1. The van der Waals surface area contributed by atoms with Crippen LogP contribution in [0.4, 0.5) is 0 Å². The molecule has 13 heteroatoms. The lowest BCUT2D eigenvalue weighted by Gasteiger charge is -2.42. The number of aliphatic hydroxyl groups is 6. The third-order valence-electron chi connectivity index (χ3n) is 6.05. The zero-order valence-electron chi connectivity index (χ0n) is 18.8. The molecule has 2 fully saturated rings. The van der Waals surface area contributed by atoms with Crippen molar-refractivity contribution < 1.29 is 58.7 Å². The summed E-state index contributed by atoms with van der Waals surface area (Å²) in [7, 11) is 1.38. The molecule has 0 unspecified atom stereocenters. The lowest BCUT2D eigenvalue weighted by Crippen LogP contribution is -2.61. The van der Waals surface area contributed by atoms with Crippen molar-refractivity contribution in [1.29, 1.82) is 0 Å². The highest BCUT2D eigenvalue weighted by Crippen LogP contribution is 2.35. The lowest BCUT2D eigenvalue weighted by atomic mass is 9.98. The van der Waals surface area contributed by atoms with Gasteiger partial charge in [0.25, 0.3) is 0 Å². The van der Waals surface area contributed by atoms with Crippen LogP contribution in [0, 0.1) is 0 Å². The maximum atomic E-state index is 11.6. The summed E-state index contributed by atoms with van der Waals surface area (Å²) < 4.78 is 32.5. The van der Waals surface area contributed by atoms with Gasteiger partial charge in [0, 0.05) is 17.5 Å². The van der Waals surface area contributed by atoms with E-state index in [9.17, 15) is 35.4 Å². The summed E-state index contributed by atoms with van der Waals surface area (Å²) in [6.45, 7) is 1.04. The standard InChI is InChI=1S/C22H28O13/c1-8-15(24)17(26)19(28)21(32-8)31-7-13-16(25)18(27)20(29)22(35-13)34-12-6-10-9(5-11(12)30-2)3-4-14(23)33-10/h3-6,8,13,15-22,24-29H,7H2,1-2H3/t8-,13+,15-,16+,17+,18-,19+,20+,21+,22+/m0/s1. The quantitative estimate of drug-likeness (QED) is 0.235. The van der Waals surface area contributed by atoms with Gasteiger partial charge < -0.3 is 58.7 Å². The Bertz CT molecular complexity index is 1070. The Labute approximate surface area is 198 Å². The summed E-state index contributed by atoms with van der Waals surface area (Å²) in [5.41, 5.74) is -0.408. The SMILES string of the molecule is COc1cc2ccc(=O)oc2cc1O[C@@H]1O[C@H](CO[C@@H]2O[C@@H](C)[C@H](O)[C@@H](O)[C@H]2O)[C@@H](O)[C@H](O)[C@H]1O. The zero-order valence-corrected chi connectivity index (χ0v) is 18.8. The second-order valence-corrected chi connectivity index (χ2v) is 8.44. The molecule has 2 aliphatic heterocycles. The average Bonchev–Trinajstić information content (AvgIpc) is 2.84. The highest BCUT2D eigenvalue weighted by molar-refractivity contribution is 5.80. The van der Waals surface area contributed by atoms with Crippen LogP contribution in [0.15, 0.2) is 33.5 Å². The number of benzene rings is 1. The van der Waals surface area contributed by atoms with E-state index in [1.54, 1.807) is 0 Å². The van der Waals surface area contributed by atoms with Crippen LogP contribution < -0.4 is 15.1 Å². The summed E-state index contributed by atoms with van der Waals surface area (Å²) in [4.78, 5) is 11.6. The number of ether oxygens (including phenoxy) is 5. The number of hydrogen-bond donors (Lipinski definition) is 6. The van der Waals surface area contributed by atoms with Gasteiger partial charge in [0.1, 0.15) is 48.3 Å². The van der Waals surface area contributed by atoms with Crippen molar-refractivity contribution in [2.24, 2.45) is 0 Å². The lowest BCUT2D eigenvalue weighted by molar-refractivity contribution is -0.318. The van der Waals surface area contributed by atoms with Crippen LogP contribution in [-0.2, 0) is 14.2 Å². The molecule has 0 radical (unpaired) electrons. The molecule has 6 N–H and O–H groups in total. The van der Waals surface area contributed by atoms with Crippen molar-refractivity contribution in [3.8, 4) is 11.5 Å². The molecule has 4 rings (SSSR count). The van der Waals surface area contributed by atoms with Crippen LogP contribution in [0.25, 0.3) is 11.0 Å². The van der Waals surface area contributed by atoms with Gasteiger partial charge in [-0.1, -0.05) is 0 Å². The molecule has 2 aliphatic rings. The van der Waals surface area contributed by atoms with Crippen LogP contribution in [0.1, 0.15) is 6.92 Å². The number of rotatable bonds is 6. The Morgan fingerprint density at radius 3 is 2.23 bits per heavy atom. The van der Waals surface area contributed by atoms with Gasteiger partial charge in [-0.05, 0) is 19.1 Å². The molecule has 10 atom stereocenters. The molecule has 35 heavy (non-hydrogen) atoms. The molecular formula is C22H28O13. The monoisotopic (exact) mass is 500 g/mol. The van der Waals surface area contributed by atoms with E-state index in [2.05, 4.69) is 0 Å². The van der Waals surface area contributed by atoms with E-state index in [4.69, 9.17) is 28.1 Å². The van der Waals surface area contributed by atoms with Gasteiger partial charge in [0.2, 0.25) is 6.29 Å². The topological polar surface area (TPSA) is 198 Å². The molecular weight excluding hydrogens is 472 g/mol. The molecule has 3 heterocycles. The van der Waals surface area contributed by atoms with Crippen LogP contribution in [-0.4, -0.2) is 106 Å². The fourth-order valence-electron chi connectivity index (χ4n) is 3.94. The van der Waals surface area contributed by atoms with Gasteiger partial charge >= 0.3 is 5.63 Å². The van der Waals surface area contributed by atoms with Crippen LogP contribution in [0.2, 0.25) is 0 Å². The summed E-state index contributed by atoms with van der Waals surface area (Å²) in [5, 5.41) is 61.5. The van der Waals surface area contributed by atoms with E-state index in [-0.39, 0.29) is 17.1 Å². The first kappa shape index (κ1) is 25.8. The van der Waals surface area contributed by atoms with E-state index < -0.39 is 73.6 Å². The van der Waals surface area contributed by atoms with E-state index in [1.165, 1.54) is 38.3 Å². The smallest absolute Gasteiger partial charge is 0.336 e. The Morgan fingerprint density at radius 2 is 1.51 bits per heavy atom. The van der Waals surface area contributed by atoms with Crippen molar-refractivity contribution in [3.05, 3.63) is 34.7 Å². The first-order valence-electron chi connectivity index (χ1n) is 10.9. The normalized spacial score (nSPS) is 37.8. The predicted octanol–water partition coefficient (Wildman–Crippen LogP) is -2.17. The molecule has 0 saturated carbocycles. The number of hydrogen-bond acceptors (Lipinski definition) is 13. The van der Waals surface area contributed by atoms with Gasteiger partial charge in [-0.2, -0.15) is 0 Å². The van der Waals surface area contributed by atoms with E-state index in [1.807, 2.05) is 0 Å². The second-order valence-electron chi connectivity index (χ2n) is 8.44. The Morgan fingerprint density at radius 1 is 0.829 bits per heavy atom. The third kappa shape index (κ3) is 5.14. The van der Waals surface area contributed by atoms with Crippen LogP contribution >= 0.6 is 0 Å². The zero-order chi connectivity index (χ0) is 25.4. The largest absolute Gasteiger partial charge is 0.493 e. The highest BCUT2D eigenvalue weighted by Gasteiger charge is 2.47. The minimum Gasteiger partial charge on any atom is -0.493 e. The second kappa shape index (κ2) is 10.3. The fraction of sp³-hybridized carbons (Fsp3) is 0.591. The molecule has 1 aromatic heterocycles. The molecule has 0 spiro atoms. The first-order valence-corrected chi connectivity index (χ1v) is 10.9. The van der Waals surface area contributed by atoms with Crippen molar-refractivity contribution in [2.75, 3.05) is 13.7 Å². The first-order chi connectivity index (χ1) is 16.6. The molecule has 13 nitrogen and oxygen atoms in total. The van der Waals surface area contributed by atoms with Crippen molar-refractivity contribution in [2.45, 2.75) is 68.3 Å². The minimum atomic E-state index is -1.70. The van der Waals surface area contributed by atoms with E-state index >= 15 is 0 Å². The van der Waals surface area contributed by atoms with Gasteiger partial charge in [0.15, 0.2) is 17.8 Å². The predicted molar refractivity (Wildman–Crippen MR) is 115 cm³/mol. The Balaban J connectivity index is 1.50. The summed E-state index contributed by atoms with van der Waals surface area (Å²) in [6, 6.07) is 5.67. The molecule has 0 bridgehead atoms. The molecule has 1 aromatic carbocycles. The number of aliphatic hydroxyl groups excluding tert-OH is 6. The van der Waals surface area contributed by atoms with Gasteiger partial charge in [-0.3, -0.25) is 0 Å². The van der Waals surface area contributed by atoms with Gasteiger partial charge in [0.05, 0.1) is 19.8 Å². The molecule has 2 saturated heterocycles. The minimum absolute atomic E-state index is 0.0265. The van der Waals surface area contributed by atoms with Crippen molar-refractivity contribution >= 4 is 11.0 Å².